The van der Waals surface area contributed by atoms with Crippen LogP contribution in [0.25, 0.3) is 11.3 Å². The summed E-state index contributed by atoms with van der Waals surface area (Å²) in [6.45, 7) is 2.08. The molecule has 0 radical (unpaired) electrons. The Morgan fingerprint density at radius 3 is 2.38 bits per heavy atom. The van der Waals surface area contributed by atoms with Crippen LogP contribution < -0.4 is 5.32 Å². The lowest BCUT2D eigenvalue weighted by Crippen LogP contribution is -2.26. The minimum atomic E-state index is -0.966. The van der Waals surface area contributed by atoms with Crippen molar-refractivity contribution in [3.8, 4) is 11.3 Å². The van der Waals surface area contributed by atoms with Gasteiger partial charge in [-0.3, -0.25) is 19.3 Å². The quantitative estimate of drug-likeness (QED) is 0.234. The van der Waals surface area contributed by atoms with Crippen molar-refractivity contribution in [2.24, 2.45) is 4.99 Å². The number of halogens is 3. The Balaban J connectivity index is 1.49. The maximum atomic E-state index is 12.4. The number of nitrogens with one attached hydrogen (secondary N) is 1. The number of carbonyl (C=O) groups excluding carboxylic acids is 1. The number of rotatable bonds is 8. The normalized spacial score (nSPS) is 13.1. The number of nitrogens with zero attached hydrogens (tertiary/aromatic N) is 3. The second-order valence-electron chi connectivity index (χ2n) is 9.22. The second-order valence-corrected chi connectivity index (χ2v) is 10.5. The Labute approximate surface area is 240 Å². The van der Waals surface area contributed by atoms with Gasteiger partial charge >= 0.3 is 5.97 Å². The minimum absolute atomic E-state index is 0.0645. The van der Waals surface area contributed by atoms with Crippen LogP contribution in [-0.2, 0) is 11.2 Å². The average molecular weight is 582 g/mol. The van der Waals surface area contributed by atoms with Crippen molar-refractivity contribution in [3.05, 3.63) is 104 Å². The zero-order chi connectivity index (χ0) is 27.7. The van der Waals surface area contributed by atoms with E-state index in [1.54, 1.807) is 18.2 Å². The van der Waals surface area contributed by atoms with E-state index in [-0.39, 0.29) is 24.9 Å². The third-order valence-electron chi connectivity index (χ3n) is 6.50. The van der Waals surface area contributed by atoms with Gasteiger partial charge in [0.15, 0.2) is 0 Å². The van der Waals surface area contributed by atoms with E-state index < -0.39 is 5.97 Å². The molecular formula is C29H23Cl3N4O3. The summed E-state index contributed by atoms with van der Waals surface area (Å²) in [6, 6.07) is 19.9. The van der Waals surface area contributed by atoms with Crippen LogP contribution in [0.4, 0.5) is 5.69 Å². The number of amides is 1. The molecule has 4 aromatic rings. The van der Waals surface area contributed by atoms with E-state index in [9.17, 15) is 9.59 Å². The van der Waals surface area contributed by atoms with E-state index in [1.807, 2.05) is 60.1 Å². The summed E-state index contributed by atoms with van der Waals surface area (Å²) in [6.07, 6.45) is 0.499. The standard InChI is InChI=1S/C29H23Cl3N4O3/c1-16(17-2-4-18(5-3-17)29(39)33-9-8-28(37)38)36-27(26-12-19-6-7-21(30)14-24(19)34-26)15-25(35-36)20-10-22(31)13-23(32)11-20/h2-7,10-11,13-16H,8-9,12H2,1H3,(H,33,39)(H,37,38). The predicted octanol–water partition coefficient (Wildman–Crippen LogP) is 7.00. The molecule has 2 N–H and O–H groups in total. The molecule has 39 heavy (non-hydrogen) atoms. The minimum Gasteiger partial charge on any atom is -0.481 e. The van der Waals surface area contributed by atoms with Crippen molar-refractivity contribution >= 4 is 58.1 Å². The monoisotopic (exact) mass is 580 g/mol. The van der Waals surface area contributed by atoms with Crippen molar-refractivity contribution in [1.29, 1.82) is 0 Å². The van der Waals surface area contributed by atoms with E-state index in [1.165, 1.54) is 0 Å². The molecule has 0 fully saturated rings. The summed E-state index contributed by atoms with van der Waals surface area (Å²) in [4.78, 5) is 28.0. The lowest BCUT2D eigenvalue weighted by atomic mass is 10.0. The van der Waals surface area contributed by atoms with Gasteiger partial charge in [0.1, 0.15) is 0 Å². The van der Waals surface area contributed by atoms with E-state index >= 15 is 0 Å². The number of benzene rings is 3. The van der Waals surface area contributed by atoms with Crippen molar-refractivity contribution in [2.45, 2.75) is 25.8 Å². The van der Waals surface area contributed by atoms with Gasteiger partial charge in [0.05, 0.1) is 35.2 Å². The van der Waals surface area contributed by atoms with E-state index in [4.69, 9.17) is 50.0 Å². The molecule has 7 nitrogen and oxygen atoms in total. The van der Waals surface area contributed by atoms with Gasteiger partial charge in [-0.15, -0.1) is 0 Å². The first-order chi connectivity index (χ1) is 18.7. The number of hydrogen-bond acceptors (Lipinski definition) is 4. The molecule has 1 aliphatic heterocycles. The first-order valence-electron chi connectivity index (χ1n) is 12.2. The van der Waals surface area contributed by atoms with Crippen molar-refractivity contribution < 1.29 is 14.7 Å². The Morgan fingerprint density at radius 2 is 1.69 bits per heavy atom. The maximum Gasteiger partial charge on any atom is 0.305 e. The van der Waals surface area contributed by atoms with Gasteiger partial charge in [0, 0.05) is 39.2 Å². The van der Waals surface area contributed by atoms with Crippen LogP contribution in [0.3, 0.4) is 0 Å². The topological polar surface area (TPSA) is 96.6 Å². The van der Waals surface area contributed by atoms with Gasteiger partial charge in [-0.05, 0) is 66.6 Å². The molecule has 10 heteroatoms. The molecule has 5 rings (SSSR count). The first kappa shape index (κ1) is 26.9. The highest BCUT2D eigenvalue weighted by molar-refractivity contribution is 6.35. The number of aliphatic carboxylic acids is 1. The van der Waals surface area contributed by atoms with Gasteiger partial charge in [0.2, 0.25) is 0 Å². The molecule has 2 heterocycles. The molecule has 0 bridgehead atoms. The average Bonchev–Trinajstić information content (AvgIpc) is 3.52. The second kappa shape index (κ2) is 11.2. The largest absolute Gasteiger partial charge is 0.481 e. The Morgan fingerprint density at radius 1 is 0.974 bits per heavy atom. The number of fused-ring (bicyclic) bond motifs is 1. The third-order valence-corrected chi connectivity index (χ3v) is 7.17. The molecular weight excluding hydrogens is 559 g/mol. The fraction of sp³-hybridized carbons (Fsp3) is 0.172. The molecule has 0 spiro atoms. The fourth-order valence-corrected chi connectivity index (χ4v) is 5.18. The summed E-state index contributed by atoms with van der Waals surface area (Å²) in [5, 5.41) is 18.0. The molecule has 1 atom stereocenters. The smallest absolute Gasteiger partial charge is 0.305 e. The molecule has 1 unspecified atom stereocenters. The van der Waals surface area contributed by atoms with E-state index in [0.29, 0.717) is 32.7 Å². The van der Waals surface area contributed by atoms with Crippen molar-refractivity contribution in [2.75, 3.05) is 6.54 Å². The number of aliphatic imine (C=N–C) groups is 1. The van der Waals surface area contributed by atoms with Crippen molar-refractivity contribution in [1.82, 2.24) is 15.1 Å². The third kappa shape index (κ3) is 6.01. The van der Waals surface area contributed by atoms with Crippen LogP contribution in [0, 0.1) is 0 Å². The molecule has 0 aliphatic carbocycles. The summed E-state index contributed by atoms with van der Waals surface area (Å²) in [5.74, 6) is -1.29. The van der Waals surface area contributed by atoms with Crippen LogP contribution in [0.15, 0.2) is 71.7 Å². The number of carboxylic acid groups (broad SMARTS) is 1. The van der Waals surface area contributed by atoms with Crippen LogP contribution >= 0.6 is 34.8 Å². The first-order valence-corrected chi connectivity index (χ1v) is 13.3. The van der Waals surface area contributed by atoms with Gasteiger partial charge in [-0.25, -0.2) is 0 Å². The lowest BCUT2D eigenvalue weighted by molar-refractivity contribution is -0.136. The molecule has 0 saturated carbocycles. The molecule has 1 aromatic heterocycles. The fourth-order valence-electron chi connectivity index (χ4n) is 4.49. The Hall–Kier alpha value is -3.65. The number of aromatic nitrogens is 2. The SMILES string of the molecule is CC(c1ccc(C(=O)NCCC(=O)O)cc1)n1nc(-c2cc(Cl)cc(Cl)c2)cc1C1=Nc2cc(Cl)ccc2C1. The maximum absolute atomic E-state index is 12.4. The Kier molecular flexibility index (Phi) is 7.75. The van der Waals surface area contributed by atoms with Gasteiger partial charge in [0.25, 0.3) is 5.91 Å². The molecule has 1 amide bonds. The van der Waals surface area contributed by atoms with E-state index in [2.05, 4.69) is 5.32 Å². The molecule has 198 valence electrons. The molecule has 0 saturated heterocycles. The zero-order valence-electron chi connectivity index (χ0n) is 20.8. The molecule has 1 aliphatic rings. The molecule has 3 aromatic carbocycles. The predicted molar refractivity (Wildman–Crippen MR) is 154 cm³/mol. The lowest BCUT2D eigenvalue weighted by Gasteiger charge is -2.17. The highest BCUT2D eigenvalue weighted by atomic mass is 35.5. The van der Waals surface area contributed by atoms with Crippen LogP contribution in [-0.4, -0.2) is 39.0 Å². The van der Waals surface area contributed by atoms with Crippen LogP contribution in [0.5, 0.6) is 0 Å². The summed E-state index contributed by atoms with van der Waals surface area (Å²) in [7, 11) is 0. The Bertz CT molecular complexity index is 1590. The summed E-state index contributed by atoms with van der Waals surface area (Å²) < 4.78 is 1.92. The van der Waals surface area contributed by atoms with Gasteiger partial charge in [-0.1, -0.05) is 53.0 Å². The van der Waals surface area contributed by atoms with Crippen LogP contribution in [0.2, 0.25) is 15.1 Å². The number of carbonyl (C=O) groups is 2. The summed E-state index contributed by atoms with van der Waals surface area (Å²) in [5.41, 5.74) is 6.48. The number of hydrogen-bond donors (Lipinski definition) is 2. The summed E-state index contributed by atoms with van der Waals surface area (Å²) >= 11 is 18.8. The zero-order valence-corrected chi connectivity index (χ0v) is 23.1. The highest BCUT2D eigenvalue weighted by Gasteiger charge is 2.24. The van der Waals surface area contributed by atoms with Gasteiger partial charge in [-0.2, -0.15) is 5.10 Å². The van der Waals surface area contributed by atoms with Crippen molar-refractivity contribution in [3.63, 3.8) is 0 Å². The van der Waals surface area contributed by atoms with Crippen LogP contribution in [0.1, 0.15) is 46.6 Å². The van der Waals surface area contributed by atoms with E-state index in [0.717, 1.165) is 33.8 Å². The van der Waals surface area contributed by atoms with Gasteiger partial charge < -0.3 is 10.4 Å². The number of carboxylic acids is 1. The highest BCUT2D eigenvalue weighted by Crippen LogP contribution is 2.35.